The van der Waals surface area contributed by atoms with Gasteiger partial charge in [0.25, 0.3) is 0 Å². The molecule has 0 radical (unpaired) electrons. The van der Waals surface area contributed by atoms with Gasteiger partial charge in [-0.05, 0) is 28.4 Å². The fourth-order valence-electron chi connectivity index (χ4n) is 1.53. The van der Waals surface area contributed by atoms with Gasteiger partial charge in [-0.15, -0.1) is 0 Å². The Bertz CT molecular complexity index is 371. The van der Waals surface area contributed by atoms with E-state index in [1.165, 1.54) is 17.5 Å². The molecule has 0 aliphatic heterocycles. The van der Waals surface area contributed by atoms with Crippen LogP contribution < -0.4 is 0 Å². The predicted molar refractivity (Wildman–Crippen MR) is 78.2 cm³/mol. The van der Waals surface area contributed by atoms with Gasteiger partial charge in [-0.1, -0.05) is 78.0 Å². The van der Waals surface area contributed by atoms with E-state index in [1.54, 1.807) is 0 Å². The number of allylic oxidation sites excluding steroid dienone is 1. The summed E-state index contributed by atoms with van der Waals surface area (Å²) in [4.78, 5) is 0. The molecule has 1 aromatic rings. The van der Waals surface area contributed by atoms with Crippen LogP contribution in [0.25, 0.3) is 6.08 Å². The van der Waals surface area contributed by atoms with Crippen LogP contribution in [0.4, 0.5) is 0 Å². The normalized spacial score (nSPS) is 13.3. The smallest absolute Gasteiger partial charge is 0.0132 e. The van der Waals surface area contributed by atoms with Crippen LogP contribution in [0.2, 0.25) is 0 Å². The third-order valence-corrected chi connectivity index (χ3v) is 3.41. The zero-order valence-corrected chi connectivity index (χ0v) is 12.2. The summed E-state index contributed by atoms with van der Waals surface area (Å²) < 4.78 is 0. The molecule has 0 atom stereocenters. The van der Waals surface area contributed by atoms with Crippen LogP contribution >= 0.6 is 0 Å². The SMILES string of the molecule is CCC(C)(C)/C=C/c1ccc(C(C)(C)C)cc1. The highest BCUT2D eigenvalue weighted by Crippen LogP contribution is 2.25. The van der Waals surface area contributed by atoms with Gasteiger partial charge < -0.3 is 0 Å². The van der Waals surface area contributed by atoms with Crippen LogP contribution in [0.5, 0.6) is 0 Å². The Morgan fingerprint density at radius 1 is 0.941 bits per heavy atom. The monoisotopic (exact) mass is 230 g/mol. The summed E-state index contributed by atoms with van der Waals surface area (Å²) in [5, 5.41) is 0. The molecular formula is C17H26. The second-order valence-corrected chi connectivity index (χ2v) is 6.55. The van der Waals surface area contributed by atoms with Crippen molar-refractivity contribution in [2.45, 2.75) is 53.4 Å². The highest BCUT2D eigenvalue weighted by molar-refractivity contribution is 5.51. The van der Waals surface area contributed by atoms with Gasteiger partial charge in [-0.2, -0.15) is 0 Å². The Hall–Kier alpha value is -1.04. The van der Waals surface area contributed by atoms with E-state index < -0.39 is 0 Å². The standard InChI is InChI=1S/C17H26/c1-7-17(5,6)13-12-14-8-10-15(11-9-14)16(2,3)4/h8-13H,7H2,1-6H3/b13-12+. The molecule has 0 unspecified atom stereocenters. The van der Waals surface area contributed by atoms with E-state index in [2.05, 4.69) is 78.0 Å². The van der Waals surface area contributed by atoms with E-state index in [9.17, 15) is 0 Å². The van der Waals surface area contributed by atoms with E-state index in [-0.39, 0.29) is 5.41 Å². The fourth-order valence-corrected chi connectivity index (χ4v) is 1.53. The van der Waals surface area contributed by atoms with Crippen molar-refractivity contribution >= 4 is 6.08 Å². The van der Waals surface area contributed by atoms with Gasteiger partial charge in [0, 0.05) is 0 Å². The summed E-state index contributed by atoms with van der Waals surface area (Å²) in [6, 6.07) is 8.89. The maximum Gasteiger partial charge on any atom is -0.0132 e. The van der Waals surface area contributed by atoms with E-state index >= 15 is 0 Å². The second kappa shape index (κ2) is 5.08. The molecule has 0 nitrogen and oxygen atoms in total. The maximum atomic E-state index is 2.30. The molecule has 0 saturated heterocycles. The van der Waals surface area contributed by atoms with Gasteiger partial charge >= 0.3 is 0 Å². The van der Waals surface area contributed by atoms with Crippen molar-refractivity contribution in [1.29, 1.82) is 0 Å². The lowest BCUT2D eigenvalue weighted by Crippen LogP contribution is -2.10. The van der Waals surface area contributed by atoms with E-state index in [4.69, 9.17) is 0 Å². The molecular weight excluding hydrogens is 204 g/mol. The van der Waals surface area contributed by atoms with Crippen LogP contribution in [0, 0.1) is 5.41 Å². The summed E-state index contributed by atoms with van der Waals surface area (Å²) >= 11 is 0. The first-order valence-corrected chi connectivity index (χ1v) is 6.54. The highest BCUT2D eigenvalue weighted by Gasteiger charge is 2.13. The van der Waals surface area contributed by atoms with Crippen LogP contribution in [-0.2, 0) is 5.41 Å². The van der Waals surface area contributed by atoms with Gasteiger partial charge in [0.2, 0.25) is 0 Å². The summed E-state index contributed by atoms with van der Waals surface area (Å²) in [6.07, 6.45) is 5.71. The summed E-state index contributed by atoms with van der Waals surface area (Å²) in [6.45, 7) is 13.5. The van der Waals surface area contributed by atoms with Crippen molar-refractivity contribution in [3.05, 3.63) is 41.5 Å². The molecule has 0 amide bonds. The van der Waals surface area contributed by atoms with Crippen molar-refractivity contribution in [2.75, 3.05) is 0 Å². The minimum atomic E-state index is 0.241. The molecule has 0 aromatic heterocycles. The Balaban J connectivity index is 2.83. The first kappa shape index (κ1) is 14.0. The van der Waals surface area contributed by atoms with Crippen LogP contribution in [0.3, 0.4) is 0 Å². The molecule has 0 heterocycles. The highest BCUT2D eigenvalue weighted by atomic mass is 14.2. The molecule has 0 spiro atoms. The largest absolute Gasteiger partial charge is 0.0783 e. The van der Waals surface area contributed by atoms with E-state index in [1.807, 2.05) is 0 Å². The molecule has 0 aliphatic rings. The number of benzene rings is 1. The summed E-state index contributed by atoms with van der Waals surface area (Å²) in [5.41, 5.74) is 3.22. The zero-order chi connectivity index (χ0) is 13.1. The summed E-state index contributed by atoms with van der Waals surface area (Å²) in [5.74, 6) is 0. The number of hydrogen-bond donors (Lipinski definition) is 0. The van der Waals surface area contributed by atoms with Gasteiger partial charge in [0.15, 0.2) is 0 Å². The van der Waals surface area contributed by atoms with Crippen molar-refractivity contribution in [3.63, 3.8) is 0 Å². The van der Waals surface area contributed by atoms with E-state index in [0.29, 0.717) is 5.41 Å². The van der Waals surface area contributed by atoms with Crippen molar-refractivity contribution < 1.29 is 0 Å². The average molecular weight is 230 g/mol. The number of rotatable bonds is 3. The Morgan fingerprint density at radius 2 is 1.47 bits per heavy atom. The van der Waals surface area contributed by atoms with E-state index in [0.717, 1.165) is 0 Å². The average Bonchev–Trinajstić information content (AvgIpc) is 2.26. The van der Waals surface area contributed by atoms with Crippen LogP contribution in [0.1, 0.15) is 59.1 Å². The molecule has 0 bridgehead atoms. The van der Waals surface area contributed by atoms with Crippen molar-refractivity contribution in [1.82, 2.24) is 0 Å². The first-order valence-electron chi connectivity index (χ1n) is 6.54. The molecule has 17 heavy (non-hydrogen) atoms. The van der Waals surface area contributed by atoms with Gasteiger partial charge in [-0.25, -0.2) is 0 Å². The number of hydrogen-bond acceptors (Lipinski definition) is 0. The van der Waals surface area contributed by atoms with Gasteiger partial charge in [0.05, 0.1) is 0 Å². The Morgan fingerprint density at radius 3 is 1.88 bits per heavy atom. The Kier molecular flexibility index (Phi) is 4.19. The van der Waals surface area contributed by atoms with Gasteiger partial charge in [0.1, 0.15) is 0 Å². The van der Waals surface area contributed by atoms with Crippen molar-refractivity contribution in [2.24, 2.45) is 5.41 Å². The van der Waals surface area contributed by atoms with Crippen LogP contribution in [-0.4, -0.2) is 0 Å². The van der Waals surface area contributed by atoms with Crippen LogP contribution in [0.15, 0.2) is 30.3 Å². The lowest BCUT2D eigenvalue weighted by molar-refractivity contribution is 0.464. The quantitative estimate of drug-likeness (QED) is 0.649. The fraction of sp³-hybridized carbons (Fsp3) is 0.529. The summed E-state index contributed by atoms with van der Waals surface area (Å²) in [7, 11) is 0. The maximum absolute atomic E-state index is 2.30. The first-order chi connectivity index (χ1) is 7.74. The predicted octanol–water partition coefficient (Wildman–Crippen LogP) is 5.43. The molecule has 1 aromatic carbocycles. The molecule has 0 N–H and O–H groups in total. The molecule has 0 fully saturated rings. The molecule has 1 rings (SSSR count). The zero-order valence-electron chi connectivity index (χ0n) is 12.2. The lowest BCUT2D eigenvalue weighted by Gasteiger charge is -2.19. The van der Waals surface area contributed by atoms with Gasteiger partial charge in [-0.3, -0.25) is 0 Å². The Labute approximate surface area is 107 Å². The van der Waals surface area contributed by atoms with Crippen molar-refractivity contribution in [3.8, 4) is 0 Å². The minimum Gasteiger partial charge on any atom is -0.0783 e. The molecule has 0 heteroatoms. The molecule has 94 valence electrons. The molecule has 0 saturated carbocycles. The minimum absolute atomic E-state index is 0.241. The third-order valence-electron chi connectivity index (χ3n) is 3.41. The molecule has 0 aliphatic carbocycles. The topological polar surface area (TPSA) is 0 Å². The second-order valence-electron chi connectivity index (χ2n) is 6.55. The lowest BCUT2D eigenvalue weighted by atomic mass is 9.86. The third kappa shape index (κ3) is 4.38.